The molecule has 1 N–H and O–H groups in total. The zero-order valence-corrected chi connectivity index (χ0v) is 16.7. The van der Waals surface area contributed by atoms with Gasteiger partial charge in [0.1, 0.15) is 4.83 Å². The van der Waals surface area contributed by atoms with Crippen LogP contribution in [0.25, 0.3) is 10.2 Å². The minimum absolute atomic E-state index is 0.0243. The van der Waals surface area contributed by atoms with E-state index in [1.807, 2.05) is 6.92 Å². The van der Waals surface area contributed by atoms with E-state index in [1.54, 1.807) is 29.1 Å². The number of thioether (sulfide) groups is 1. The Bertz CT molecular complexity index is 888. The number of amides is 1. The van der Waals surface area contributed by atoms with Gasteiger partial charge in [0.15, 0.2) is 5.16 Å². The highest BCUT2D eigenvalue weighted by Gasteiger charge is 2.24. The van der Waals surface area contributed by atoms with Gasteiger partial charge in [-0.25, -0.2) is 4.98 Å². The van der Waals surface area contributed by atoms with E-state index < -0.39 is 0 Å². The number of carbonyl (C=O) groups is 1. The van der Waals surface area contributed by atoms with Gasteiger partial charge in [0, 0.05) is 25.1 Å². The largest absolute Gasteiger partial charge is 0.383 e. The van der Waals surface area contributed by atoms with Crippen LogP contribution in [0.1, 0.15) is 23.8 Å². The summed E-state index contributed by atoms with van der Waals surface area (Å²) in [5, 5.41) is 3.78. The second-order valence-electron chi connectivity index (χ2n) is 6.18. The van der Waals surface area contributed by atoms with Crippen LogP contribution >= 0.6 is 23.1 Å². The molecule has 3 rings (SSSR count). The number of rotatable bonds is 8. The fourth-order valence-electron chi connectivity index (χ4n) is 3.07. The normalized spacial score (nSPS) is 14.4. The number of hydrogen-bond acceptors (Lipinski definition) is 6. The molecule has 140 valence electrons. The van der Waals surface area contributed by atoms with Gasteiger partial charge in [-0.15, -0.1) is 17.9 Å². The minimum atomic E-state index is -0.362. The molecule has 26 heavy (non-hydrogen) atoms. The van der Waals surface area contributed by atoms with E-state index in [1.165, 1.54) is 22.2 Å². The number of allylic oxidation sites excluding steroid dienone is 1. The second-order valence-corrected chi connectivity index (χ2v) is 8.57. The molecule has 0 aromatic carbocycles. The predicted molar refractivity (Wildman–Crippen MR) is 106 cm³/mol. The maximum Gasteiger partial charge on any atom is 0.263 e. The Balaban J connectivity index is 1.92. The number of aromatic nitrogens is 2. The highest BCUT2D eigenvalue weighted by Crippen LogP contribution is 2.36. The van der Waals surface area contributed by atoms with E-state index >= 15 is 0 Å². The molecule has 1 amide bonds. The standard InChI is InChI=1S/C18H23N3O3S2/c1-4-9-21-17(23)14-12-6-5-7-13(12)26-16(14)20-18(21)25-11(2)15(22)19-8-10-24-3/h4,11H,1,5-10H2,2-3H3,(H,19,22)/t11-/m0/s1. The van der Waals surface area contributed by atoms with Crippen molar-refractivity contribution in [3.05, 3.63) is 33.4 Å². The molecular weight excluding hydrogens is 370 g/mol. The van der Waals surface area contributed by atoms with Gasteiger partial charge in [-0.3, -0.25) is 14.2 Å². The number of carbonyl (C=O) groups excluding carboxylic acids is 1. The Kier molecular flexibility index (Phi) is 6.16. The van der Waals surface area contributed by atoms with Gasteiger partial charge in [0.05, 0.1) is 17.2 Å². The number of nitrogens with zero attached hydrogens (tertiary/aromatic N) is 2. The van der Waals surface area contributed by atoms with Crippen molar-refractivity contribution in [2.24, 2.45) is 0 Å². The second kappa shape index (κ2) is 8.37. The van der Waals surface area contributed by atoms with Gasteiger partial charge < -0.3 is 10.1 Å². The first-order valence-electron chi connectivity index (χ1n) is 8.66. The van der Waals surface area contributed by atoms with Crippen LogP contribution in [-0.2, 0) is 28.9 Å². The molecule has 1 aliphatic rings. The summed E-state index contributed by atoms with van der Waals surface area (Å²) in [6.07, 6.45) is 4.77. The fraction of sp³-hybridized carbons (Fsp3) is 0.500. The molecule has 0 radical (unpaired) electrons. The maximum atomic E-state index is 13.1. The number of thiophene rings is 1. The molecular formula is C18H23N3O3S2. The molecule has 6 nitrogen and oxygen atoms in total. The average molecular weight is 394 g/mol. The van der Waals surface area contributed by atoms with E-state index in [0.717, 1.165) is 29.5 Å². The van der Waals surface area contributed by atoms with Crippen molar-refractivity contribution >= 4 is 39.2 Å². The van der Waals surface area contributed by atoms with Gasteiger partial charge in [-0.2, -0.15) is 0 Å². The molecule has 0 bridgehead atoms. The summed E-state index contributed by atoms with van der Waals surface area (Å²) in [5.74, 6) is -0.0970. The van der Waals surface area contributed by atoms with Gasteiger partial charge in [0.25, 0.3) is 5.56 Å². The summed E-state index contributed by atoms with van der Waals surface area (Å²) in [7, 11) is 1.59. The third kappa shape index (κ3) is 3.72. The van der Waals surface area contributed by atoms with E-state index in [4.69, 9.17) is 9.72 Å². The SMILES string of the molecule is C=CCn1c(S[C@@H](C)C(=O)NCCOC)nc2sc3c(c2c1=O)CCC3. The number of methoxy groups -OCH3 is 1. The molecule has 0 aliphatic heterocycles. The zero-order chi connectivity index (χ0) is 18.7. The van der Waals surface area contributed by atoms with Gasteiger partial charge in [0.2, 0.25) is 5.91 Å². The fourth-order valence-corrected chi connectivity index (χ4v) is 5.31. The van der Waals surface area contributed by atoms with E-state index in [2.05, 4.69) is 11.9 Å². The van der Waals surface area contributed by atoms with Crippen LogP contribution < -0.4 is 10.9 Å². The molecule has 0 saturated carbocycles. The summed E-state index contributed by atoms with van der Waals surface area (Å²) >= 11 is 2.92. The Morgan fingerprint density at radius 1 is 1.54 bits per heavy atom. The van der Waals surface area contributed by atoms with Crippen LogP contribution in [0.2, 0.25) is 0 Å². The van der Waals surface area contributed by atoms with Gasteiger partial charge in [-0.1, -0.05) is 17.8 Å². The molecule has 2 aromatic heterocycles. The first-order valence-corrected chi connectivity index (χ1v) is 10.4. The van der Waals surface area contributed by atoms with Crippen LogP contribution in [0.4, 0.5) is 0 Å². The first kappa shape index (κ1) is 19.1. The van der Waals surface area contributed by atoms with Crippen LogP contribution in [-0.4, -0.2) is 41.0 Å². The number of aryl methyl sites for hydroxylation is 2. The summed E-state index contributed by atoms with van der Waals surface area (Å²) < 4.78 is 6.58. The molecule has 0 fully saturated rings. The van der Waals surface area contributed by atoms with E-state index in [0.29, 0.717) is 24.9 Å². The predicted octanol–water partition coefficient (Wildman–Crippen LogP) is 2.38. The summed E-state index contributed by atoms with van der Waals surface area (Å²) in [4.78, 5) is 32.1. The number of nitrogens with one attached hydrogen (secondary N) is 1. The molecule has 0 saturated heterocycles. The molecule has 1 aliphatic carbocycles. The van der Waals surface area contributed by atoms with Crippen molar-refractivity contribution in [1.82, 2.24) is 14.9 Å². The topological polar surface area (TPSA) is 73.2 Å². The molecule has 0 spiro atoms. The maximum absolute atomic E-state index is 13.1. The molecule has 1 atom stereocenters. The molecule has 0 unspecified atom stereocenters. The highest BCUT2D eigenvalue weighted by molar-refractivity contribution is 8.00. The van der Waals surface area contributed by atoms with E-state index in [9.17, 15) is 9.59 Å². The van der Waals surface area contributed by atoms with Crippen molar-refractivity contribution in [2.75, 3.05) is 20.3 Å². The molecule has 8 heteroatoms. The smallest absolute Gasteiger partial charge is 0.263 e. The Hall–Kier alpha value is -1.64. The molecule has 2 aromatic rings. The van der Waals surface area contributed by atoms with Crippen LogP contribution in [0.15, 0.2) is 22.6 Å². The van der Waals surface area contributed by atoms with Crippen molar-refractivity contribution in [1.29, 1.82) is 0 Å². The zero-order valence-electron chi connectivity index (χ0n) is 15.0. The lowest BCUT2D eigenvalue weighted by Crippen LogP contribution is -2.34. The van der Waals surface area contributed by atoms with Crippen molar-refractivity contribution < 1.29 is 9.53 Å². The highest BCUT2D eigenvalue weighted by atomic mass is 32.2. The van der Waals surface area contributed by atoms with Gasteiger partial charge >= 0.3 is 0 Å². The van der Waals surface area contributed by atoms with Crippen molar-refractivity contribution in [2.45, 2.75) is 43.1 Å². The number of hydrogen-bond donors (Lipinski definition) is 1. The monoisotopic (exact) mass is 393 g/mol. The lowest BCUT2D eigenvalue weighted by molar-refractivity contribution is -0.120. The Morgan fingerprint density at radius 3 is 3.08 bits per heavy atom. The number of ether oxygens (including phenoxy) is 1. The number of fused-ring (bicyclic) bond motifs is 3. The average Bonchev–Trinajstić information content (AvgIpc) is 3.18. The minimum Gasteiger partial charge on any atom is -0.383 e. The van der Waals surface area contributed by atoms with Crippen molar-refractivity contribution in [3.8, 4) is 0 Å². The van der Waals surface area contributed by atoms with E-state index in [-0.39, 0.29) is 16.7 Å². The summed E-state index contributed by atoms with van der Waals surface area (Å²) in [5.41, 5.74) is 1.14. The molecule has 2 heterocycles. The first-order chi connectivity index (χ1) is 12.6. The van der Waals surface area contributed by atoms with Crippen LogP contribution in [0.5, 0.6) is 0 Å². The third-order valence-electron chi connectivity index (χ3n) is 4.36. The Morgan fingerprint density at radius 2 is 2.35 bits per heavy atom. The van der Waals surface area contributed by atoms with Crippen molar-refractivity contribution in [3.63, 3.8) is 0 Å². The summed E-state index contributed by atoms with van der Waals surface area (Å²) in [6, 6.07) is 0. The quantitative estimate of drug-likeness (QED) is 0.323. The Labute approximate surface area is 160 Å². The van der Waals surface area contributed by atoms with Gasteiger partial charge in [-0.05, 0) is 31.7 Å². The third-order valence-corrected chi connectivity index (χ3v) is 6.63. The van der Waals surface area contributed by atoms with Crippen LogP contribution in [0, 0.1) is 0 Å². The van der Waals surface area contributed by atoms with Crippen LogP contribution in [0.3, 0.4) is 0 Å². The lowest BCUT2D eigenvalue weighted by Gasteiger charge is -2.15. The lowest BCUT2D eigenvalue weighted by atomic mass is 10.2. The summed E-state index contributed by atoms with van der Waals surface area (Å²) in [6.45, 7) is 6.88.